The first-order valence-corrected chi connectivity index (χ1v) is 16.1. The Morgan fingerprint density at radius 3 is 1.19 bits per heavy atom. The fraction of sp³-hybridized carbons (Fsp3) is 0.667. The Morgan fingerprint density at radius 2 is 0.833 bits per heavy atom. The molecule has 0 nitrogen and oxygen atoms in total. The third kappa shape index (κ3) is 4.76. The molecule has 1 aromatic carbocycles. The van der Waals surface area contributed by atoms with Gasteiger partial charge in [-0.25, -0.2) is 0 Å². The van der Waals surface area contributed by atoms with Gasteiger partial charge in [0.25, 0.3) is 0 Å². The first kappa shape index (κ1) is 32.6. The molecule has 0 aliphatic heterocycles. The van der Waals surface area contributed by atoms with Crippen LogP contribution in [0.4, 0.5) is 74.6 Å². The van der Waals surface area contributed by atoms with Gasteiger partial charge in [-0.15, -0.1) is 0 Å². The molecule has 1 rings (SSSR count). The first-order chi connectivity index (χ1) is 15.6. The molecule has 0 heterocycles. The molecule has 0 radical (unpaired) electrons. The van der Waals surface area contributed by atoms with Crippen LogP contribution in [-0.4, -0.2) is 60.9 Å². The Bertz CT molecular complexity index is 902. The Morgan fingerprint density at radius 1 is 0.500 bits per heavy atom. The van der Waals surface area contributed by atoms with Crippen molar-refractivity contribution in [2.24, 2.45) is 0 Å². The van der Waals surface area contributed by atoms with E-state index in [1.807, 2.05) is 0 Å². The molecule has 36 heavy (non-hydrogen) atoms. The minimum absolute atomic E-state index is 0.314. The van der Waals surface area contributed by atoms with Gasteiger partial charge < -0.3 is 0 Å². The molecular weight excluding hydrogens is 612 g/mol. The van der Waals surface area contributed by atoms with Crippen molar-refractivity contribution in [2.75, 3.05) is 0 Å². The Kier molecular flexibility index (Phi) is 8.24. The van der Waals surface area contributed by atoms with Gasteiger partial charge in [-0.2, -0.15) is 0 Å². The van der Waals surface area contributed by atoms with Crippen molar-refractivity contribution in [2.45, 2.75) is 70.8 Å². The molecule has 0 bridgehead atoms. The fourth-order valence-corrected chi connectivity index (χ4v) is 7.73. The molecule has 0 atom stereocenters. The van der Waals surface area contributed by atoms with Crippen molar-refractivity contribution in [1.29, 1.82) is 0 Å². The first-order valence-electron chi connectivity index (χ1n) is 9.33. The Balaban J connectivity index is 3.46. The van der Waals surface area contributed by atoms with Crippen LogP contribution in [-0.2, 0) is 0 Å². The second-order valence-electron chi connectivity index (χ2n) is 8.40. The molecule has 0 amide bonds. The minimum atomic E-state index is -8.59. The molecule has 0 saturated carbocycles. The van der Waals surface area contributed by atoms with Crippen molar-refractivity contribution in [1.82, 2.24) is 0 Å². The van der Waals surface area contributed by atoms with E-state index in [1.54, 1.807) is 0 Å². The van der Waals surface area contributed by atoms with Gasteiger partial charge in [-0.1, -0.05) is 0 Å². The molecule has 0 aliphatic carbocycles. The average Bonchev–Trinajstić information content (AvgIpc) is 2.71. The quantitative estimate of drug-likeness (QED) is 0.182. The summed E-state index contributed by atoms with van der Waals surface area (Å²) in [6, 6.07) is 6.88. The SMILES string of the molecule is [CH3][Ge]([CH3])([CH2]CC(F)(F)C(F)(F)C(F)(F)C(F)(F)C(F)(F)C(F)(F)C(F)(F)C(F)(F)F)[c]1ccccc1. The van der Waals surface area contributed by atoms with Gasteiger partial charge in [-0.05, 0) is 0 Å². The van der Waals surface area contributed by atoms with Crippen LogP contribution in [0.3, 0.4) is 0 Å². The monoisotopic (exact) mass is 628 g/mol. The van der Waals surface area contributed by atoms with Crippen LogP contribution in [0.25, 0.3) is 0 Å². The maximum atomic E-state index is 14.1. The van der Waals surface area contributed by atoms with Crippen LogP contribution >= 0.6 is 0 Å². The van der Waals surface area contributed by atoms with E-state index < -0.39 is 72.6 Å². The summed E-state index contributed by atoms with van der Waals surface area (Å²) in [6.07, 6.45) is -10.1. The van der Waals surface area contributed by atoms with Crippen molar-refractivity contribution in [3.8, 4) is 0 Å². The zero-order valence-corrected chi connectivity index (χ0v) is 19.8. The van der Waals surface area contributed by atoms with Crippen LogP contribution in [0.15, 0.2) is 30.3 Å². The summed E-state index contributed by atoms with van der Waals surface area (Å²) in [5.74, 6) is -53.4. The van der Waals surface area contributed by atoms with Crippen molar-refractivity contribution < 1.29 is 74.6 Å². The summed E-state index contributed by atoms with van der Waals surface area (Å²) in [6.45, 7) is 0. The van der Waals surface area contributed by atoms with E-state index in [-0.39, 0.29) is 0 Å². The van der Waals surface area contributed by atoms with Gasteiger partial charge in [0.05, 0.1) is 0 Å². The number of benzene rings is 1. The van der Waals surface area contributed by atoms with Crippen molar-refractivity contribution in [3.05, 3.63) is 30.3 Å². The van der Waals surface area contributed by atoms with E-state index in [2.05, 4.69) is 0 Å². The van der Waals surface area contributed by atoms with E-state index in [0.29, 0.717) is 4.40 Å². The summed E-state index contributed by atoms with van der Waals surface area (Å²) in [5.41, 5.74) is 0. The van der Waals surface area contributed by atoms with E-state index >= 15 is 0 Å². The van der Waals surface area contributed by atoms with Gasteiger partial charge in [-0.3, -0.25) is 0 Å². The molecule has 0 saturated heterocycles. The van der Waals surface area contributed by atoms with Gasteiger partial charge in [0, 0.05) is 0 Å². The molecule has 0 aromatic heterocycles. The predicted octanol–water partition coefficient (Wildman–Crippen LogP) is 8.00. The summed E-state index contributed by atoms with van der Waals surface area (Å²) >= 11 is -3.80. The molecule has 0 aliphatic rings. The second-order valence-corrected chi connectivity index (χ2v) is 18.6. The summed E-state index contributed by atoms with van der Waals surface area (Å²) in [4.78, 5) is 0. The van der Waals surface area contributed by atoms with Crippen LogP contribution < -0.4 is 4.40 Å². The van der Waals surface area contributed by atoms with Crippen molar-refractivity contribution >= 4 is 17.7 Å². The van der Waals surface area contributed by atoms with E-state index in [9.17, 15) is 74.6 Å². The zero-order chi connectivity index (χ0) is 29.0. The third-order valence-corrected chi connectivity index (χ3v) is 12.5. The van der Waals surface area contributed by atoms with Crippen LogP contribution in [0.1, 0.15) is 6.42 Å². The predicted molar refractivity (Wildman–Crippen MR) is 93.7 cm³/mol. The topological polar surface area (TPSA) is 0 Å². The number of halogens is 17. The Hall–Kier alpha value is -1.43. The van der Waals surface area contributed by atoms with Gasteiger partial charge in [0.15, 0.2) is 0 Å². The summed E-state index contributed by atoms with van der Waals surface area (Å²) < 4.78 is 227. The fourth-order valence-electron chi connectivity index (χ4n) is 2.86. The van der Waals surface area contributed by atoms with Crippen LogP contribution in [0.5, 0.6) is 0 Å². The van der Waals surface area contributed by atoms with Crippen LogP contribution in [0.2, 0.25) is 16.8 Å². The number of rotatable bonds is 10. The van der Waals surface area contributed by atoms with E-state index in [0.717, 1.165) is 0 Å². The second kappa shape index (κ2) is 9.10. The molecule has 0 fully saturated rings. The molecule has 210 valence electrons. The molecule has 0 unspecified atom stereocenters. The molecule has 0 N–H and O–H groups in total. The molecular formula is C18H15F17Ge. The molecule has 1 aromatic rings. The normalized spacial score (nSPS) is 15.9. The van der Waals surface area contributed by atoms with E-state index in [4.69, 9.17) is 0 Å². The number of hydrogen-bond donors (Lipinski definition) is 0. The van der Waals surface area contributed by atoms with Gasteiger partial charge >= 0.3 is 193 Å². The standard InChI is InChI=1S/C18H15F17Ge/c1-36(2,10-6-4-3-5-7-10)9-8-11(19,20)12(21,22)13(23,24)14(25,26)15(27,28)16(29,30)17(31,32)18(33,34)35/h3-7H,8-9H2,1-2H3. The molecule has 0 spiro atoms. The Labute approximate surface area is 194 Å². The van der Waals surface area contributed by atoms with E-state index in [1.165, 1.54) is 41.8 Å². The number of alkyl halides is 17. The summed E-state index contributed by atoms with van der Waals surface area (Å²) in [7, 11) is 0. The zero-order valence-electron chi connectivity index (χ0n) is 17.7. The van der Waals surface area contributed by atoms with Gasteiger partial charge in [0.1, 0.15) is 0 Å². The number of hydrogen-bond acceptors (Lipinski definition) is 0. The molecule has 18 heteroatoms. The van der Waals surface area contributed by atoms with Crippen molar-refractivity contribution in [3.63, 3.8) is 0 Å². The van der Waals surface area contributed by atoms with Gasteiger partial charge in [0.2, 0.25) is 0 Å². The summed E-state index contributed by atoms with van der Waals surface area (Å²) in [5, 5.41) is -1.03. The van der Waals surface area contributed by atoms with Crippen LogP contribution in [0, 0.1) is 0 Å². The average molecular weight is 627 g/mol. The third-order valence-electron chi connectivity index (χ3n) is 5.41. The maximum absolute atomic E-state index is 14.1.